The van der Waals surface area contributed by atoms with Gasteiger partial charge in [0.15, 0.2) is 5.82 Å². The normalized spacial score (nSPS) is 11.9. The lowest BCUT2D eigenvalue weighted by atomic mass is 9.40. The second kappa shape index (κ2) is 7.93. The van der Waals surface area contributed by atoms with Crippen LogP contribution in [-0.4, -0.2) is 61.6 Å². The van der Waals surface area contributed by atoms with Gasteiger partial charge in [0.25, 0.3) is 0 Å². The molecule has 2 aromatic heterocycles. The topological polar surface area (TPSA) is 87.9 Å². The van der Waals surface area contributed by atoms with Crippen LogP contribution in [0.1, 0.15) is 5.56 Å². The van der Waals surface area contributed by atoms with Gasteiger partial charge < -0.3 is 15.7 Å². The summed E-state index contributed by atoms with van der Waals surface area (Å²) in [6.45, 7) is 0.606. The third kappa shape index (κ3) is 4.54. The number of anilines is 3. The summed E-state index contributed by atoms with van der Waals surface area (Å²) in [6, 6.07) is 10.00. The van der Waals surface area contributed by atoms with Crippen LogP contribution in [0.15, 0.2) is 48.9 Å². The lowest BCUT2D eigenvalue weighted by Gasteiger charge is -2.38. The molecular weight excluding hydrogens is 371 g/mol. The second-order valence-electron chi connectivity index (χ2n) is 7.65. The molecule has 1 aromatic carbocycles. The van der Waals surface area contributed by atoms with Gasteiger partial charge in [0, 0.05) is 23.5 Å². The van der Waals surface area contributed by atoms with Gasteiger partial charge in [0.2, 0.25) is 5.95 Å². The van der Waals surface area contributed by atoms with Gasteiger partial charge in [-0.15, -0.1) is 0 Å². The molecule has 0 saturated heterocycles. The van der Waals surface area contributed by atoms with E-state index in [1.54, 1.807) is 32.8 Å². The van der Waals surface area contributed by atoms with Crippen LogP contribution in [0.2, 0.25) is 5.02 Å². The largest absolute Gasteiger partial charge is 0.407 e. The van der Waals surface area contributed by atoms with Crippen molar-refractivity contribution in [3.63, 3.8) is 0 Å². The highest BCUT2D eigenvalue weighted by molar-refractivity contribution is 6.52. The van der Waals surface area contributed by atoms with Gasteiger partial charge in [-0.05, 0) is 5.56 Å². The van der Waals surface area contributed by atoms with Crippen LogP contribution in [0.3, 0.4) is 0 Å². The zero-order chi connectivity index (χ0) is 20.4. The molecule has 12 heteroatoms. The highest BCUT2D eigenvalue weighted by Crippen LogP contribution is 2.24. The van der Waals surface area contributed by atoms with E-state index in [1.165, 1.54) is 0 Å². The number of nitrogens with zero attached hydrogens (tertiary/aromatic N) is 4. The predicted molar refractivity (Wildman–Crippen MR) is 123 cm³/mol. The van der Waals surface area contributed by atoms with Gasteiger partial charge in [-0.3, -0.25) is 4.68 Å². The van der Waals surface area contributed by atoms with Gasteiger partial charge in [0.05, 0.1) is 18.1 Å². The molecule has 0 aliphatic rings. The Kier molecular flexibility index (Phi) is 5.76. The molecule has 3 rings (SSSR count). The molecule has 0 amide bonds. The molecular formula is C16H21B4ClN6O. The van der Waals surface area contributed by atoms with Gasteiger partial charge >= 0.3 is 0 Å². The third-order valence-electron chi connectivity index (χ3n) is 4.96. The average Bonchev–Trinajstić information content (AvgIpc) is 3.11. The first-order valence-electron chi connectivity index (χ1n) is 9.02. The summed E-state index contributed by atoms with van der Waals surface area (Å²) in [5.41, 5.74) is 1.84. The molecule has 0 atom stereocenters. The Labute approximate surface area is 172 Å². The lowest BCUT2D eigenvalue weighted by molar-refractivity contribution is 0.156. The summed E-state index contributed by atoms with van der Waals surface area (Å²) < 4.78 is 1.72. The number of hydrogen-bond donors (Lipinski definition) is 3. The van der Waals surface area contributed by atoms with Crippen molar-refractivity contribution in [2.24, 2.45) is 0 Å². The molecule has 0 unspecified atom stereocenters. The van der Waals surface area contributed by atoms with E-state index in [0.717, 1.165) is 5.56 Å². The molecule has 0 aliphatic heterocycles. The van der Waals surface area contributed by atoms with Gasteiger partial charge in [0.1, 0.15) is 36.4 Å². The maximum atomic E-state index is 10.4. The SMILES string of the molecule is BC(B)(O)C(B)(B)n1cc(Nc2ncc(Cl)c(NCc3ccccc3)n2)cn1. The van der Waals surface area contributed by atoms with E-state index in [4.69, 9.17) is 11.6 Å². The van der Waals surface area contributed by atoms with E-state index in [2.05, 4.69) is 25.7 Å². The number of aromatic nitrogens is 4. The van der Waals surface area contributed by atoms with Crippen molar-refractivity contribution in [1.29, 1.82) is 0 Å². The summed E-state index contributed by atoms with van der Waals surface area (Å²) in [6.07, 6.45) is 5.03. The van der Waals surface area contributed by atoms with E-state index < -0.39 is 10.7 Å². The standard InChI is InChI=1S/C16H21B4ClN6O/c17-15(18,16(19,20)28)27-9-11(7-24-27)25-14-23-8-12(21)13(26-14)22-6-10-4-2-1-3-5-10/h1-5,7-9,28H,6,17-20H2,(H2,22,23,25,26). The number of halogens is 1. The Bertz CT molecular complexity index is 948. The van der Waals surface area contributed by atoms with E-state index in [1.807, 2.05) is 52.2 Å². The van der Waals surface area contributed by atoms with E-state index >= 15 is 0 Å². The first-order valence-corrected chi connectivity index (χ1v) is 9.39. The Morgan fingerprint density at radius 1 is 1.11 bits per heavy atom. The van der Waals surface area contributed by atoms with Crippen molar-refractivity contribution < 1.29 is 5.11 Å². The number of benzene rings is 1. The number of aliphatic hydroxyl groups is 1. The average molecular weight is 392 g/mol. The monoisotopic (exact) mass is 392 g/mol. The second-order valence-corrected chi connectivity index (χ2v) is 8.05. The molecule has 28 heavy (non-hydrogen) atoms. The minimum atomic E-state index is -0.943. The maximum absolute atomic E-state index is 10.4. The molecule has 0 aliphatic carbocycles. The third-order valence-corrected chi connectivity index (χ3v) is 5.23. The summed E-state index contributed by atoms with van der Waals surface area (Å²) >= 11 is 6.22. The zero-order valence-corrected chi connectivity index (χ0v) is 17.2. The fraction of sp³-hybridized carbons (Fsp3) is 0.188. The predicted octanol–water partition coefficient (Wildman–Crippen LogP) is -1.53. The van der Waals surface area contributed by atoms with Gasteiger partial charge in [-0.1, -0.05) is 41.9 Å². The number of hydrogen-bond acceptors (Lipinski definition) is 6. The molecule has 0 saturated carbocycles. The van der Waals surface area contributed by atoms with Crippen LogP contribution >= 0.6 is 11.6 Å². The molecule has 140 valence electrons. The van der Waals surface area contributed by atoms with E-state index in [9.17, 15) is 5.11 Å². The van der Waals surface area contributed by atoms with Crippen molar-refractivity contribution in [3.8, 4) is 0 Å². The van der Waals surface area contributed by atoms with Crippen LogP contribution in [0, 0.1) is 0 Å². The maximum Gasteiger partial charge on any atom is 0.229 e. The number of rotatable bonds is 7. The summed E-state index contributed by atoms with van der Waals surface area (Å²) in [4.78, 5) is 8.68. The van der Waals surface area contributed by atoms with E-state index in [-0.39, 0.29) is 0 Å². The molecule has 3 N–H and O–H groups in total. The smallest absolute Gasteiger partial charge is 0.229 e. The molecule has 0 radical (unpaired) electrons. The summed E-state index contributed by atoms with van der Waals surface area (Å²) in [5, 5.41) is 20.0. The summed E-state index contributed by atoms with van der Waals surface area (Å²) in [5.74, 6) is 0.952. The van der Waals surface area contributed by atoms with Crippen molar-refractivity contribution in [3.05, 3.63) is 59.5 Å². The minimum absolute atomic E-state index is 0.403. The quantitative estimate of drug-likeness (QED) is 0.423. The van der Waals surface area contributed by atoms with Crippen LogP contribution in [-0.2, 0) is 11.9 Å². The Morgan fingerprint density at radius 2 is 1.82 bits per heavy atom. The fourth-order valence-electron chi connectivity index (χ4n) is 2.44. The van der Waals surface area contributed by atoms with Crippen molar-refractivity contribution in [1.82, 2.24) is 19.7 Å². The van der Waals surface area contributed by atoms with Crippen LogP contribution in [0.5, 0.6) is 0 Å². The first kappa shape index (κ1) is 20.4. The van der Waals surface area contributed by atoms with Crippen LogP contribution < -0.4 is 10.6 Å². The van der Waals surface area contributed by atoms with Crippen molar-refractivity contribution in [2.45, 2.75) is 17.3 Å². The molecule has 7 nitrogen and oxygen atoms in total. The van der Waals surface area contributed by atoms with Crippen molar-refractivity contribution in [2.75, 3.05) is 10.6 Å². The van der Waals surface area contributed by atoms with Crippen LogP contribution in [0.25, 0.3) is 0 Å². The van der Waals surface area contributed by atoms with Gasteiger partial charge in [-0.25, -0.2) is 4.98 Å². The van der Waals surface area contributed by atoms with Gasteiger partial charge in [-0.2, -0.15) is 10.1 Å². The highest BCUT2D eigenvalue weighted by atomic mass is 35.5. The first-order chi connectivity index (χ1) is 13.2. The minimum Gasteiger partial charge on any atom is -0.407 e. The summed E-state index contributed by atoms with van der Waals surface area (Å²) in [7, 11) is 7.37. The van der Waals surface area contributed by atoms with Crippen molar-refractivity contribution >= 4 is 60.4 Å². The number of nitrogens with one attached hydrogen (secondary N) is 2. The molecule has 0 fully saturated rings. The Morgan fingerprint density at radius 3 is 2.50 bits per heavy atom. The molecule has 0 bridgehead atoms. The Hall–Kier alpha value is -2.38. The van der Waals surface area contributed by atoms with Crippen LogP contribution in [0.4, 0.5) is 17.5 Å². The molecule has 0 spiro atoms. The molecule has 2 heterocycles. The molecule has 3 aromatic rings. The highest BCUT2D eigenvalue weighted by Gasteiger charge is 2.36. The fourth-order valence-corrected chi connectivity index (χ4v) is 2.59. The Balaban J connectivity index is 1.73. The van der Waals surface area contributed by atoms with E-state index in [0.29, 0.717) is 29.0 Å². The lowest BCUT2D eigenvalue weighted by Crippen LogP contribution is -2.58. The zero-order valence-electron chi connectivity index (χ0n) is 16.4.